The number of nitrogens with zero attached hydrogens (tertiary/aromatic N) is 2. The maximum absolute atomic E-state index is 13.4. The molecule has 1 aliphatic carbocycles. The Morgan fingerprint density at radius 1 is 1.00 bits per heavy atom. The van der Waals surface area contributed by atoms with Crippen molar-refractivity contribution in [2.75, 3.05) is 13.1 Å². The molecule has 0 N–H and O–H groups in total. The van der Waals surface area contributed by atoms with Crippen LogP contribution in [0.5, 0.6) is 0 Å². The molecule has 2 heterocycles. The predicted molar refractivity (Wildman–Crippen MR) is 120 cm³/mol. The first-order valence-electron chi connectivity index (χ1n) is 10.3. The lowest BCUT2D eigenvalue weighted by molar-refractivity contribution is -0.136. The molecule has 29 heavy (non-hydrogen) atoms. The SMILES string of the molecule is O=C([C@@H]1CC=CC[C@H]1c1nc2ccccc2s1)N1CC=C(c2ccccc2)CC1. The molecule has 1 aromatic heterocycles. The molecule has 2 aliphatic rings. The van der Waals surface area contributed by atoms with Gasteiger partial charge in [0.05, 0.1) is 21.1 Å². The second-order valence-electron chi connectivity index (χ2n) is 7.81. The van der Waals surface area contributed by atoms with Crippen LogP contribution in [-0.2, 0) is 4.79 Å². The highest BCUT2D eigenvalue weighted by Gasteiger charge is 2.35. The van der Waals surface area contributed by atoms with Crippen LogP contribution < -0.4 is 0 Å². The van der Waals surface area contributed by atoms with Gasteiger partial charge in [-0.25, -0.2) is 4.98 Å². The van der Waals surface area contributed by atoms with E-state index in [1.165, 1.54) is 15.8 Å². The molecule has 3 aromatic rings. The van der Waals surface area contributed by atoms with E-state index in [1.807, 2.05) is 17.0 Å². The first-order chi connectivity index (χ1) is 14.3. The molecule has 0 saturated heterocycles. The number of fused-ring (bicyclic) bond motifs is 1. The molecule has 2 aromatic carbocycles. The molecule has 2 atom stereocenters. The van der Waals surface area contributed by atoms with Crippen molar-refractivity contribution in [3.63, 3.8) is 0 Å². The average Bonchev–Trinajstić information content (AvgIpc) is 3.23. The summed E-state index contributed by atoms with van der Waals surface area (Å²) in [6.07, 6.45) is 9.23. The number of carbonyl (C=O) groups is 1. The number of hydrogen-bond donors (Lipinski definition) is 0. The van der Waals surface area contributed by atoms with Crippen LogP contribution in [0, 0.1) is 5.92 Å². The van der Waals surface area contributed by atoms with Gasteiger partial charge in [0.25, 0.3) is 0 Å². The molecule has 0 radical (unpaired) electrons. The Morgan fingerprint density at radius 2 is 1.79 bits per heavy atom. The van der Waals surface area contributed by atoms with Gasteiger partial charge < -0.3 is 4.90 Å². The molecule has 0 saturated carbocycles. The molecular formula is C25H24N2OS. The molecule has 0 unspecified atom stereocenters. The lowest BCUT2D eigenvalue weighted by Crippen LogP contribution is -2.41. The van der Waals surface area contributed by atoms with Gasteiger partial charge in [0.15, 0.2) is 0 Å². The lowest BCUT2D eigenvalue weighted by atomic mass is 9.82. The van der Waals surface area contributed by atoms with Crippen molar-refractivity contribution in [3.8, 4) is 0 Å². The minimum Gasteiger partial charge on any atom is -0.338 e. The van der Waals surface area contributed by atoms with Crippen LogP contribution in [-0.4, -0.2) is 28.9 Å². The summed E-state index contributed by atoms with van der Waals surface area (Å²) in [5, 5.41) is 1.10. The molecule has 0 spiro atoms. The van der Waals surface area contributed by atoms with Crippen molar-refractivity contribution < 1.29 is 4.79 Å². The van der Waals surface area contributed by atoms with E-state index in [-0.39, 0.29) is 17.7 Å². The van der Waals surface area contributed by atoms with Crippen molar-refractivity contribution in [1.82, 2.24) is 9.88 Å². The normalized spacial score (nSPS) is 21.9. The van der Waals surface area contributed by atoms with E-state index in [0.29, 0.717) is 6.54 Å². The summed E-state index contributed by atoms with van der Waals surface area (Å²) in [5.41, 5.74) is 3.66. The third kappa shape index (κ3) is 3.65. The topological polar surface area (TPSA) is 33.2 Å². The highest BCUT2D eigenvalue weighted by molar-refractivity contribution is 7.18. The smallest absolute Gasteiger partial charge is 0.227 e. The van der Waals surface area contributed by atoms with Gasteiger partial charge in [0, 0.05) is 19.0 Å². The molecular weight excluding hydrogens is 376 g/mol. The third-order valence-electron chi connectivity index (χ3n) is 6.04. The Morgan fingerprint density at radius 3 is 2.59 bits per heavy atom. The van der Waals surface area contributed by atoms with E-state index in [2.05, 4.69) is 60.7 Å². The minimum atomic E-state index is -0.00719. The summed E-state index contributed by atoms with van der Waals surface area (Å²) in [4.78, 5) is 20.3. The molecule has 4 heteroatoms. The van der Waals surface area contributed by atoms with Crippen LogP contribution in [0.15, 0.2) is 72.8 Å². The van der Waals surface area contributed by atoms with Crippen LogP contribution in [0.3, 0.4) is 0 Å². The van der Waals surface area contributed by atoms with Crippen LogP contribution >= 0.6 is 11.3 Å². The first-order valence-corrected chi connectivity index (χ1v) is 11.1. The van der Waals surface area contributed by atoms with Crippen molar-refractivity contribution in [2.24, 2.45) is 5.92 Å². The zero-order valence-electron chi connectivity index (χ0n) is 16.3. The summed E-state index contributed by atoms with van der Waals surface area (Å²) < 4.78 is 1.21. The van der Waals surface area contributed by atoms with Gasteiger partial charge in [-0.15, -0.1) is 11.3 Å². The number of aromatic nitrogens is 1. The first kappa shape index (κ1) is 18.3. The van der Waals surface area contributed by atoms with Crippen molar-refractivity contribution in [1.29, 1.82) is 0 Å². The van der Waals surface area contributed by atoms with Crippen molar-refractivity contribution >= 4 is 33.0 Å². The van der Waals surface area contributed by atoms with E-state index >= 15 is 0 Å². The van der Waals surface area contributed by atoms with Crippen LogP contribution in [0.1, 0.15) is 35.8 Å². The number of para-hydroxylation sites is 1. The van der Waals surface area contributed by atoms with Crippen LogP contribution in [0.2, 0.25) is 0 Å². The highest BCUT2D eigenvalue weighted by Crippen LogP contribution is 2.39. The fourth-order valence-electron chi connectivity index (χ4n) is 4.43. The van der Waals surface area contributed by atoms with Gasteiger partial charge in [-0.2, -0.15) is 0 Å². The zero-order chi connectivity index (χ0) is 19.6. The summed E-state index contributed by atoms with van der Waals surface area (Å²) in [6, 6.07) is 18.8. The standard InChI is InChI=1S/C25H24N2OS/c28-25(27-16-14-19(15-17-27)18-8-2-1-3-9-18)21-11-5-4-10-20(21)24-26-22-12-6-7-13-23(22)29-24/h1-9,12-14,20-21H,10-11,15-17H2/t20-,21-/m1/s1. The Kier molecular flexibility index (Phi) is 5.03. The summed E-state index contributed by atoms with van der Waals surface area (Å²) in [7, 11) is 0. The Labute approximate surface area is 175 Å². The maximum Gasteiger partial charge on any atom is 0.227 e. The number of rotatable bonds is 3. The largest absolute Gasteiger partial charge is 0.338 e. The summed E-state index contributed by atoms with van der Waals surface area (Å²) in [5.74, 6) is 0.457. The molecule has 1 amide bonds. The monoisotopic (exact) mass is 400 g/mol. The Balaban J connectivity index is 1.35. The molecule has 5 rings (SSSR count). The fourth-order valence-corrected chi connectivity index (χ4v) is 5.57. The van der Waals surface area contributed by atoms with Gasteiger partial charge in [0.1, 0.15) is 0 Å². The zero-order valence-corrected chi connectivity index (χ0v) is 17.1. The lowest BCUT2D eigenvalue weighted by Gasteiger charge is -2.33. The molecule has 0 bridgehead atoms. The highest BCUT2D eigenvalue weighted by atomic mass is 32.1. The van der Waals surface area contributed by atoms with Gasteiger partial charge in [-0.1, -0.05) is 60.7 Å². The van der Waals surface area contributed by atoms with E-state index < -0.39 is 0 Å². The number of allylic oxidation sites excluding steroid dienone is 2. The molecule has 3 nitrogen and oxygen atoms in total. The van der Waals surface area contributed by atoms with E-state index in [1.54, 1.807) is 11.3 Å². The van der Waals surface area contributed by atoms with E-state index in [0.717, 1.165) is 36.3 Å². The summed E-state index contributed by atoms with van der Waals surface area (Å²) >= 11 is 1.74. The Hall–Kier alpha value is -2.72. The van der Waals surface area contributed by atoms with Gasteiger partial charge >= 0.3 is 0 Å². The van der Waals surface area contributed by atoms with Crippen LogP contribution in [0.25, 0.3) is 15.8 Å². The second kappa shape index (κ2) is 7.96. The number of carbonyl (C=O) groups excluding carboxylic acids is 1. The predicted octanol–water partition coefficient (Wildman–Crippen LogP) is 5.66. The molecule has 1 aliphatic heterocycles. The quantitative estimate of drug-likeness (QED) is 0.531. The minimum absolute atomic E-state index is 0.00719. The molecule has 0 fully saturated rings. The Bertz CT molecular complexity index is 1050. The molecule has 146 valence electrons. The number of benzene rings is 2. The average molecular weight is 401 g/mol. The van der Waals surface area contributed by atoms with E-state index in [4.69, 9.17) is 4.98 Å². The fraction of sp³-hybridized carbons (Fsp3) is 0.280. The van der Waals surface area contributed by atoms with Crippen molar-refractivity contribution in [2.45, 2.75) is 25.2 Å². The second-order valence-corrected chi connectivity index (χ2v) is 8.87. The van der Waals surface area contributed by atoms with Gasteiger partial charge in [0.2, 0.25) is 5.91 Å². The van der Waals surface area contributed by atoms with Crippen LogP contribution in [0.4, 0.5) is 0 Å². The van der Waals surface area contributed by atoms with Gasteiger partial charge in [-0.05, 0) is 42.5 Å². The maximum atomic E-state index is 13.4. The third-order valence-corrected chi connectivity index (χ3v) is 7.21. The number of hydrogen-bond acceptors (Lipinski definition) is 3. The number of thiazole rings is 1. The van der Waals surface area contributed by atoms with Crippen molar-refractivity contribution in [3.05, 3.63) is 83.4 Å². The van der Waals surface area contributed by atoms with E-state index in [9.17, 15) is 4.79 Å². The summed E-state index contributed by atoms with van der Waals surface area (Å²) in [6.45, 7) is 1.50. The number of amides is 1. The van der Waals surface area contributed by atoms with Gasteiger partial charge in [-0.3, -0.25) is 4.79 Å².